The van der Waals surface area contributed by atoms with E-state index >= 15 is 0 Å². The molecule has 1 aliphatic heterocycles. The molecule has 1 aliphatic rings. The summed E-state index contributed by atoms with van der Waals surface area (Å²) in [7, 11) is 0. The van der Waals surface area contributed by atoms with Gasteiger partial charge in [0.15, 0.2) is 0 Å². The zero-order chi connectivity index (χ0) is 19.8. The average molecular weight is 419 g/mol. The molecule has 0 unspecified atom stereocenters. The summed E-state index contributed by atoms with van der Waals surface area (Å²) >= 11 is 7.45. The van der Waals surface area contributed by atoms with Crippen LogP contribution in [0, 0.1) is 0 Å². The molecule has 0 bridgehead atoms. The molecule has 29 heavy (non-hydrogen) atoms. The summed E-state index contributed by atoms with van der Waals surface area (Å²) in [6, 6.07) is 17.0. The van der Waals surface area contributed by atoms with Crippen LogP contribution in [0.5, 0.6) is 0 Å². The van der Waals surface area contributed by atoms with Gasteiger partial charge in [-0.05, 0) is 46.8 Å². The van der Waals surface area contributed by atoms with Gasteiger partial charge in [0.05, 0.1) is 27.7 Å². The van der Waals surface area contributed by atoms with Crippen molar-refractivity contribution in [2.75, 3.05) is 0 Å². The third kappa shape index (κ3) is 3.41. The maximum atomic E-state index is 13.2. The highest BCUT2D eigenvalue weighted by Crippen LogP contribution is 2.35. The highest BCUT2D eigenvalue weighted by atomic mass is 35.5. The van der Waals surface area contributed by atoms with E-state index < -0.39 is 0 Å². The molecule has 3 heterocycles. The largest absolute Gasteiger partial charge is 0.284 e. The summed E-state index contributed by atoms with van der Waals surface area (Å²) in [6.45, 7) is 0. The van der Waals surface area contributed by atoms with E-state index in [1.165, 1.54) is 11.3 Å². The summed E-state index contributed by atoms with van der Waals surface area (Å²) in [5, 5.41) is 8.87. The Morgan fingerprint density at radius 1 is 1.03 bits per heavy atom. The number of carbonyl (C=O) groups excluding carboxylic acids is 1. The topological polar surface area (TPSA) is 58.5 Å². The van der Waals surface area contributed by atoms with Gasteiger partial charge in [0.2, 0.25) is 0 Å². The van der Waals surface area contributed by atoms with Gasteiger partial charge >= 0.3 is 0 Å². The molecule has 142 valence electrons. The zero-order valence-corrected chi connectivity index (χ0v) is 16.8. The number of aromatic nitrogens is 2. The number of rotatable bonds is 3. The second kappa shape index (κ2) is 7.39. The van der Waals surface area contributed by atoms with Crippen LogP contribution in [0.15, 0.2) is 77.5 Å². The number of thiophene rings is 1. The number of carbonyl (C=O) groups is 1. The molecular weight excluding hydrogens is 404 g/mol. The van der Waals surface area contributed by atoms with Crippen molar-refractivity contribution in [1.29, 1.82) is 0 Å². The lowest BCUT2D eigenvalue weighted by Gasteiger charge is -2.21. The third-order valence-electron chi connectivity index (χ3n) is 4.91. The molecule has 0 radical (unpaired) electrons. The lowest BCUT2D eigenvalue weighted by Crippen LogP contribution is -2.26. The van der Waals surface area contributed by atoms with Crippen molar-refractivity contribution in [3.8, 4) is 0 Å². The molecule has 0 N–H and O–H groups in total. The predicted molar refractivity (Wildman–Crippen MR) is 115 cm³/mol. The lowest BCUT2D eigenvalue weighted by atomic mass is 9.98. The van der Waals surface area contributed by atoms with Crippen molar-refractivity contribution in [1.82, 2.24) is 15.0 Å². The van der Waals surface area contributed by atoms with Crippen LogP contribution in [0.3, 0.4) is 0 Å². The van der Waals surface area contributed by atoms with Crippen molar-refractivity contribution in [2.24, 2.45) is 5.10 Å². The first-order valence-corrected chi connectivity index (χ1v) is 10.4. The van der Waals surface area contributed by atoms with E-state index in [1.807, 2.05) is 60.0 Å². The van der Waals surface area contributed by atoms with Crippen LogP contribution in [0.25, 0.3) is 11.0 Å². The van der Waals surface area contributed by atoms with Crippen molar-refractivity contribution >= 4 is 45.6 Å². The monoisotopic (exact) mass is 418 g/mol. The number of halogens is 1. The van der Waals surface area contributed by atoms with Gasteiger partial charge < -0.3 is 0 Å². The van der Waals surface area contributed by atoms with E-state index in [0.717, 1.165) is 27.9 Å². The van der Waals surface area contributed by atoms with Gasteiger partial charge in [-0.1, -0.05) is 35.9 Å². The molecule has 1 amide bonds. The average Bonchev–Trinajstić information content (AvgIpc) is 3.44. The summed E-state index contributed by atoms with van der Waals surface area (Å²) in [5.41, 5.74) is 4.42. The van der Waals surface area contributed by atoms with E-state index in [4.69, 9.17) is 16.7 Å². The SMILES string of the molecule is O=C(c1cccs1)N1N=C(c2ccc(Cl)cc2)C[C@@H]1c1ccc2nccnc2c1. The maximum Gasteiger partial charge on any atom is 0.284 e. The summed E-state index contributed by atoms with van der Waals surface area (Å²) in [6.07, 6.45) is 3.96. The van der Waals surface area contributed by atoms with E-state index in [-0.39, 0.29) is 11.9 Å². The summed E-state index contributed by atoms with van der Waals surface area (Å²) < 4.78 is 0. The Labute approximate surface area is 176 Å². The Hall–Kier alpha value is -3.09. The van der Waals surface area contributed by atoms with Gasteiger partial charge in [-0.2, -0.15) is 5.10 Å². The van der Waals surface area contributed by atoms with E-state index in [9.17, 15) is 4.79 Å². The minimum atomic E-state index is -0.207. The van der Waals surface area contributed by atoms with Crippen LogP contribution < -0.4 is 0 Å². The number of nitrogens with zero attached hydrogens (tertiary/aromatic N) is 4. The second-order valence-corrected chi connectivity index (χ2v) is 8.09. The normalized spacial score (nSPS) is 16.2. The maximum absolute atomic E-state index is 13.2. The van der Waals surface area contributed by atoms with E-state index in [0.29, 0.717) is 16.3 Å². The number of hydrazone groups is 1. The first-order chi connectivity index (χ1) is 14.2. The molecule has 0 spiro atoms. The number of hydrogen-bond acceptors (Lipinski definition) is 5. The van der Waals surface area contributed by atoms with E-state index in [1.54, 1.807) is 17.4 Å². The molecule has 0 aliphatic carbocycles. The predicted octanol–water partition coefficient (Wildman–Crippen LogP) is 5.34. The molecular formula is C22H15ClN4OS. The molecule has 0 saturated heterocycles. The van der Waals surface area contributed by atoms with Crippen LogP contribution in [-0.4, -0.2) is 26.6 Å². The van der Waals surface area contributed by atoms with Gasteiger partial charge in [-0.15, -0.1) is 11.3 Å². The van der Waals surface area contributed by atoms with Crippen LogP contribution in [-0.2, 0) is 0 Å². The van der Waals surface area contributed by atoms with Gasteiger partial charge in [0.25, 0.3) is 5.91 Å². The smallest absolute Gasteiger partial charge is 0.266 e. The molecule has 2 aromatic heterocycles. The molecule has 5 nitrogen and oxygen atoms in total. The number of amides is 1. The fourth-order valence-electron chi connectivity index (χ4n) is 3.47. The quantitative estimate of drug-likeness (QED) is 0.451. The van der Waals surface area contributed by atoms with Gasteiger partial charge in [0, 0.05) is 23.8 Å². The molecule has 4 aromatic rings. The summed E-state index contributed by atoms with van der Waals surface area (Å²) in [4.78, 5) is 22.6. The first kappa shape index (κ1) is 18.0. The molecule has 1 atom stereocenters. The summed E-state index contributed by atoms with van der Waals surface area (Å²) in [5.74, 6) is -0.104. The molecule has 2 aromatic carbocycles. The standard InChI is InChI=1S/C22H15ClN4OS/c23-16-6-3-14(4-7-16)18-13-20(27(26-18)22(28)21-2-1-11-29-21)15-5-8-17-19(12-15)25-10-9-24-17/h1-12,20H,13H2/t20-/m1/s1. The van der Waals surface area contributed by atoms with Gasteiger partial charge in [-0.25, -0.2) is 5.01 Å². The molecule has 0 saturated carbocycles. The molecule has 5 rings (SSSR count). The highest BCUT2D eigenvalue weighted by Gasteiger charge is 2.34. The Kier molecular flexibility index (Phi) is 4.58. The van der Waals surface area contributed by atoms with Gasteiger partial charge in [-0.3, -0.25) is 14.8 Å². The van der Waals surface area contributed by atoms with Crippen LogP contribution in [0.2, 0.25) is 5.02 Å². The van der Waals surface area contributed by atoms with Gasteiger partial charge in [0.1, 0.15) is 0 Å². The fourth-order valence-corrected chi connectivity index (χ4v) is 4.26. The Morgan fingerprint density at radius 3 is 2.59 bits per heavy atom. The Morgan fingerprint density at radius 2 is 1.83 bits per heavy atom. The van der Waals surface area contributed by atoms with Crippen LogP contribution in [0.4, 0.5) is 0 Å². The Balaban J connectivity index is 1.56. The molecule has 7 heteroatoms. The number of hydrogen-bond donors (Lipinski definition) is 0. The number of fused-ring (bicyclic) bond motifs is 1. The minimum absolute atomic E-state index is 0.104. The van der Waals surface area contributed by atoms with Crippen molar-refractivity contribution in [2.45, 2.75) is 12.5 Å². The number of benzene rings is 2. The van der Waals surface area contributed by atoms with Crippen molar-refractivity contribution < 1.29 is 4.79 Å². The molecule has 0 fully saturated rings. The van der Waals surface area contributed by atoms with E-state index in [2.05, 4.69) is 9.97 Å². The lowest BCUT2D eigenvalue weighted by molar-refractivity contribution is 0.0716. The van der Waals surface area contributed by atoms with Crippen molar-refractivity contribution in [3.05, 3.63) is 93.4 Å². The highest BCUT2D eigenvalue weighted by molar-refractivity contribution is 7.12. The zero-order valence-electron chi connectivity index (χ0n) is 15.2. The van der Waals surface area contributed by atoms with Crippen LogP contribution in [0.1, 0.15) is 33.3 Å². The first-order valence-electron chi connectivity index (χ1n) is 9.10. The Bertz CT molecular complexity index is 1220. The second-order valence-electron chi connectivity index (χ2n) is 6.71. The fraction of sp³-hybridized carbons (Fsp3) is 0.0909. The minimum Gasteiger partial charge on any atom is -0.266 e. The third-order valence-corrected chi connectivity index (χ3v) is 6.02. The van der Waals surface area contributed by atoms with Crippen LogP contribution >= 0.6 is 22.9 Å². The van der Waals surface area contributed by atoms with Crippen molar-refractivity contribution in [3.63, 3.8) is 0 Å².